The van der Waals surface area contributed by atoms with Crippen LogP contribution < -0.4 is 82.1 Å². The number of imidazole rings is 3. The standard InChI is InChI=1S/2C25H49N2.C21H40N2.C4H9Br.C3H2F6NO4S2.C3H6NO4S2.BrH.K/c2*1-3-5-7-8-9-10-11-12-13-14-15-16-17-18-19-20-22-27-24-23-26(25-27)21-6-4-2;1-2-3-4-5-6-7-8-9-10-11-12-13-14-15-16-17-19-23-20-18-22-21-23;1-2-3-4-5;4-1-15(11,12)10-16(13,14)3(8,9)2(5,6)7;5-9(6)2-1-3-10(7,8)4-9;;/h2*23-25H,3-22H2,1-2H3;18,20-21H,2-17,19H2,1H3;2-4H2,1H3;1H2;1-3H2;1H;/q2*+1;;;2*-1;;+1. The van der Waals surface area contributed by atoms with Crippen LogP contribution in [0.3, 0.4) is 0 Å². The molecule has 110 heavy (non-hydrogen) atoms. The summed E-state index contributed by atoms with van der Waals surface area (Å²) >= 11 is 3.31. The van der Waals surface area contributed by atoms with Crippen molar-refractivity contribution in [1.82, 2.24) is 14.1 Å². The minimum Gasteiger partial charge on any atom is -1.00 e. The predicted octanol–water partition coefficient (Wildman–Crippen LogP) is 19.0. The number of sulfonamides is 4. The summed E-state index contributed by atoms with van der Waals surface area (Å²) in [7, 11) is -19.6. The van der Waals surface area contributed by atoms with E-state index in [2.05, 4.69) is 133 Å². The Hall–Kier alpha value is -0.474. The Morgan fingerprint density at radius 3 is 0.891 bits per heavy atom. The van der Waals surface area contributed by atoms with Gasteiger partial charge in [-0.2, -0.15) is 22.0 Å². The maximum Gasteiger partial charge on any atom is 1.00 e. The second-order valence-electron chi connectivity index (χ2n) is 29.5. The van der Waals surface area contributed by atoms with Gasteiger partial charge in [0.15, 0.2) is 16.0 Å². The third-order valence-electron chi connectivity index (χ3n) is 19.0. The van der Waals surface area contributed by atoms with Gasteiger partial charge in [0.05, 0.1) is 52.8 Å². The molecule has 1 aliphatic heterocycles. The fourth-order valence-corrected chi connectivity index (χ4v) is 18.0. The second kappa shape index (κ2) is 78.4. The first-order chi connectivity index (χ1) is 51.8. The zero-order valence-corrected chi connectivity index (χ0v) is 79.6. The van der Waals surface area contributed by atoms with E-state index < -0.39 is 57.5 Å². The summed E-state index contributed by atoms with van der Waals surface area (Å²) < 4.78 is 169. The molecule has 3 aromatic heterocycles. The summed E-state index contributed by atoms with van der Waals surface area (Å²) in [6.45, 7) is 19.5. The van der Waals surface area contributed by atoms with Crippen LogP contribution in [0.2, 0.25) is 0 Å². The number of H-pyrrole nitrogens is 1. The van der Waals surface area contributed by atoms with E-state index in [0.29, 0.717) is 0 Å². The normalized spacial score (nSPS) is 13.2. The SMILES string of the molecule is CCCCBr.CCCCCCCCCCCCCCCCCC[n+]1cc[nH]c1.CCCCCCCCCCCCCCCCCC[n+]1ccn(CCCC)c1.CCCCCCCCCCCCCCCCCC[n+]1ccn(CCCC)c1.O=S(=O)(CF)[N-]S(=O)(=O)C(F)(F)C(F)(F)F.O=S1(=O)CCCS(=O)(=O)[N-]1.[Br-].[K+]. The average molecular weight is 1810 g/mol. The maximum atomic E-state index is 12.2. The Morgan fingerprint density at radius 1 is 0.418 bits per heavy atom. The smallest absolute Gasteiger partial charge is 1.00 e. The van der Waals surface area contributed by atoms with E-state index in [1.165, 1.54) is 384 Å². The summed E-state index contributed by atoms with van der Waals surface area (Å²) in [5.41, 5.74) is 0. The number of aryl methyl sites for hydroxylation is 5. The zero-order valence-electron chi connectivity index (χ0n) is 70.0. The van der Waals surface area contributed by atoms with Crippen molar-refractivity contribution in [3.05, 3.63) is 64.4 Å². The van der Waals surface area contributed by atoms with Gasteiger partial charge in [0.1, 0.15) is 47.2 Å². The van der Waals surface area contributed by atoms with Gasteiger partial charge in [-0.15, -0.1) is 0 Å². The van der Waals surface area contributed by atoms with E-state index in [4.69, 9.17) is 0 Å². The first-order valence-corrected chi connectivity index (χ1v) is 50.2. The first kappa shape index (κ1) is 116. The quantitative estimate of drug-likeness (QED) is 0.0189. The number of hydrogen-bond donors (Lipinski definition) is 1. The van der Waals surface area contributed by atoms with Gasteiger partial charge in [-0.1, -0.05) is 346 Å². The summed E-state index contributed by atoms with van der Waals surface area (Å²) in [5, 5.41) is -5.24. The molecule has 0 saturated carbocycles. The molecule has 16 nitrogen and oxygen atoms in total. The van der Waals surface area contributed by atoms with E-state index in [-0.39, 0.29) is 86.3 Å². The Kier molecular flexibility index (Phi) is 82.5. The van der Waals surface area contributed by atoms with Gasteiger partial charge in [0, 0.05) is 16.8 Å². The van der Waals surface area contributed by atoms with Crippen LogP contribution in [-0.4, -0.2) is 82.1 Å². The Balaban J connectivity index is -0.000000643. The molecule has 4 rings (SSSR count). The molecule has 1 fully saturated rings. The van der Waals surface area contributed by atoms with E-state index in [0.717, 1.165) is 5.33 Å². The van der Waals surface area contributed by atoms with Gasteiger partial charge in [0.2, 0.25) is 19.0 Å². The van der Waals surface area contributed by atoms with Crippen LogP contribution >= 0.6 is 15.9 Å². The molecule has 29 heteroatoms. The molecule has 0 amide bonds. The number of aromatic amines is 1. The molecule has 0 bridgehead atoms. The molecule has 0 atom stereocenters. The number of nitrogens with zero attached hydrogens (tertiary/aromatic N) is 7. The van der Waals surface area contributed by atoms with Crippen LogP contribution in [-0.2, 0) is 72.8 Å². The van der Waals surface area contributed by atoms with E-state index in [9.17, 15) is 60.0 Å². The summed E-state index contributed by atoms with van der Waals surface area (Å²) in [6, 6.07) is -2.51. The van der Waals surface area contributed by atoms with Crippen molar-refractivity contribution in [2.24, 2.45) is 0 Å². The Bertz CT molecular complexity index is 2790. The number of alkyl halides is 7. The van der Waals surface area contributed by atoms with Crippen LogP contribution in [0.5, 0.6) is 0 Å². The van der Waals surface area contributed by atoms with Crippen LogP contribution in [0, 0.1) is 0 Å². The first-order valence-electron chi connectivity index (χ1n) is 42.8. The monoisotopic (exact) mass is 1810 g/mol. The number of aromatic nitrogens is 6. The molecule has 1 aliphatic rings. The van der Waals surface area contributed by atoms with Crippen LogP contribution in [0.1, 0.15) is 395 Å². The van der Waals surface area contributed by atoms with Crippen LogP contribution in [0.25, 0.3) is 8.25 Å². The van der Waals surface area contributed by atoms with Gasteiger partial charge < -0.3 is 25.2 Å². The largest absolute Gasteiger partial charge is 1.00 e. The number of rotatable bonds is 63. The Morgan fingerprint density at radius 2 is 0.682 bits per heavy atom. The van der Waals surface area contributed by atoms with Gasteiger partial charge in [-0.25, -0.2) is 60.9 Å². The maximum absolute atomic E-state index is 12.2. The Labute approximate surface area is 731 Å². The minimum atomic E-state index is -6.75. The minimum absolute atomic E-state index is 0. The third-order valence-corrected chi connectivity index (χ3v) is 25.8. The molecular formula is C81H156Br2F6KN8O8S4+. The topological polar surface area (TPSA) is 202 Å². The van der Waals surface area contributed by atoms with Gasteiger partial charge in [-0.3, -0.25) is 4.98 Å². The van der Waals surface area contributed by atoms with Crippen molar-refractivity contribution in [1.29, 1.82) is 0 Å². The van der Waals surface area contributed by atoms with Gasteiger partial charge in [0.25, 0.3) is 0 Å². The fourth-order valence-electron chi connectivity index (χ4n) is 12.2. The van der Waals surface area contributed by atoms with Crippen molar-refractivity contribution >= 4 is 56.0 Å². The van der Waals surface area contributed by atoms with Crippen molar-refractivity contribution in [2.45, 2.75) is 439 Å². The van der Waals surface area contributed by atoms with Gasteiger partial charge >= 0.3 is 62.8 Å². The van der Waals surface area contributed by atoms with E-state index in [1.807, 2.05) is 12.5 Å². The van der Waals surface area contributed by atoms with Crippen LogP contribution in [0.15, 0.2) is 56.2 Å². The number of hydrogen-bond acceptors (Lipinski definition) is 8. The molecule has 0 aromatic carbocycles. The number of unbranched alkanes of at least 4 members (excludes halogenated alkanes) is 48. The molecule has 648 valence electrons. The zero-order chi connectivity index (χ0) is 80.6. The molecule has 0 radical (unpaired) electrons. The molecule has 0 unspecified atom stereocenters. The van der Waals surface area contributed by atoms with Crippen molar-refractivity contribution in [2.75, 3.05) is 22.8 Å². The van der Waals surface area contributed by atoms with Crippen molar-refractivity contribution < 1.29 is 142 Å². The molecule has 3 aromatic rings. The van der Waals surface area contributed by atoms with E-state index >= 15 is 0 Å². The summed E-state index contributed by atoms with van der Waals surface area (Å²) in [5.74, 6) is -0.293. The number of halogens is 8. The summed E-state index contributed by atoms with van der Waals surface area (Å²) in [6.07, 6.45) is 90.2. The van der Waals surface area contributed by atoms with Crippen LogP contribution in [0.4, 0.5) is 26.3 Å². The summed E-state index contributed by atoms with van der Waals surface area (Å²) in [4.78, 5) is 3.10. The molecule has 0 spiro atoms. The third kappa shape index (κ3) is 72.7. The van der Waals surface area contributed by atoms with Crippen molar-refractivity contribution in [3.8, 4) is 0 Å². The molecule has 1 N–H and O–H groups in total. The van der Waals surface area contributed by atoms with Gasteiger partial charge in [-0.05, 0) is 64.2 Å². The average Bonchev–Trinajstić information content (AvgIpc) is 0.972. The molecule has 4 heterocycles. The molecule has 1 saturated heterocycles. The number of nitrogens with one attached hydrogen (secondary N) is 1. The molecule has 0 aliphatic carbocycles. The van der Waals surface area contributed by atoms with Crippen molar-refractivity contribution in [3.63, 3.8) is 0 Å². The van der Waals surface area contributed by atoms with E-state index in [1.54, 1.807) is 0 Å². The molecular weight excluding hydrogens is 1650 g/mol. The second-order valence-corrected chi connectivity index (χ2v) is 37.5. The fraction of sp³-hybridized carbons (Fsp3) is 0.889. The predicted molar refractivity (Wildman–Crippen MR) is 441 cm³/mol.